The minimum absolute atomic E-state index is 0.0227. The number of phenolic OH excluding ortho intramolecular Hbond substituents is 1. The lowest BCUT2D eigenvalue weighted by Crippen LogP contribution is -1.93. The van der Waals surface area contributed by atoms with Gasteiger partial charge in [0.05, 0.1) is 10.0 Å². The molecule has 1 aliphatic rings. The highest BCUT2D eigenvalue weighted by molar-refractivity contribution is 9.11. The van der Waals surface area contributed by atoms with Crippen molar-refractivity contribution in [2.75, 3.05) is 0 Å². The molecular weight excluding hydrogens is 300 g/mol. The third kappa shape index (κ3) is 1.32. The molecule has 0 fully saturated rings. The number of carbonyl (C=O) groups excluding carboxylic acids is 1. The first-order chi connectivity index (χ1) is 6.11. The zero-order valence-corrected chi connectivity index (χ0v) is 9.77. The van der Waals surface area contributed by atoms with Crippen molar-refractivity contribution < 1.29 is 9.90 Å². The highest BCUT2D eigenvalue weighted by Crippen LogP contribution is 2.40. The van der Waals surface area contributed by atoms with Crippen molar-refractivity contribution in [1.29, 1.82) is 0 Å². The molecule has 0 saturated carbocycles. The maximum Gasteiger partial charge on any atom is 0.167 e. The van der Waals surface area contributed by atoms with E-state index in [-0.39, 0.29) is 11.5 Å². The average molecular weight is 306 g/mol. The summed E-state index contributed by atoms with van der Waals surface area (Å²) in [4.78, 5) is 11.4. The van der Waals surface area contributed by atoms with Crippen molar-refractivity contribution in [2.45, 2.75) is 12.8 Å². The number of halogens is 2. The van der Waals surface area contributed by atoms with Crippen LogP contribution in [-0.2, 0) is 6.42 Å². The monoisotopic (exact) mass is 304 g/mol. The number of phenols is 1. The summed E-state index contributed by atoms with van der Waals surface area (Å²) in [6.45, 7) is 0. The van der Waals surface area contributed by atoms with Gasteiger partial charge in [-0.25, -0.2) is 0 Å². The molecule has 0 saturated heterocycles. The van der Waals surface area contributed by atoms with Crippen molar-refractivity contribution in [3.63, 3.8) is 0 Å². The first kappa shape index (κ1) is 9.21. The molecule has 0 heterocycles. The fourth-order valence-corrected chi connectivity index (χ4v) is 2.92. The molecule has 1 N–H and O–H groups in total. The van der Waals surface area contributed by atoms with E-state index in [1.165, 1.54) is 0 Å². The Kier molecular flexibility index (Phi) is 2.20. The van der Waals surface area contributed by atoms with Gasteiger partial charge in [0, 0.05) is 10.9 Å². The highest BCUT2D eigenvalue weighted by atomic mass is 79.9. The van der Waals surface area contributed by atoms with E-state index in [4.69, 9.17) is 0 Å². The van der Waals surface area contributed by atoms with E-state index < -0.39 is 0 Å². The van der Waals surface area contributed by atoms with E-state index >= 15 is 0 Å². The van der Waals surface area contributed by atoms with Gasteiger partial charge >= 0.3 is 0 Å². The van der Waals surface area contributed by atoms with Gasteiger partial charge in [0.1, 0.15) is 5.75 Å². The molecule has 2 nitrogen and oxygen atoms in total. The van der Waals surface area contributed by atoms with Crippen molar-refractivity contribution in [3.8, 4) is 5.75 Å². The van der Waals surface area contributed by atoms with Crippen LogP contribution in [0.1, 0.15) is 22.3 Å². The summed E-state index contributed by atoms with van der Waals surface area (Å²) in [6.07, 6.45) is 1.22. The number of fused-ring (bicyclic) bond motifs is 1. The lowest BCUT2D eigenvalue weighted by Gasteiger charge is -2.05. The highest BCUT2D eigenvalue weighted by Gasteiger charge is 2.26. The van der Waals surface area contributed by atoms with E-state index in [1.807, 2.05) is 0 Å². The molecular formula is C9H6Br2O2. The summed E-state index contributed by atoms with van der Waals surface area (Å²) < 4.78 is 1.45. The van der Waals surface area contributed by atoms with Crippen molar-refractivity contribution >= 4 is 37.6 Å². The van der Waals surface area contributed by atoms with Crippen molar-refractivity contribution in [3.05, 3.63) is 26.1 Å². The summed E-state index contributed by atoms with van der Waals surface area (Å²) in [7, 11) is 0. The van der Waals surface area contributed by atoms with Gasteiger partial charge in [0.2, 0.25) is 0 Å². The maximum absolute atomic E-state index is 11.4. The van der Waals surface area contributed by atoms with E-state index in [0.29, 0.717) is 16.5 Å². The molecule has 0 aromatic heterocycles. The van der Waals surface area contributed by atoms with Crippen LogP contribution in [0.3, 0.4) is 0 Å². The van der Waals surface area contributed by atoms with Crippen molar-refractivity contribution in [2.24, 2.45) is 0 Å². The predicted molar refractivity (Wildman–Crippen MR) is 56.2 cm³/mol. The number of rotatable bonds is 0. The largest absolute Gasteiger partial charge is 0.506 e. The normalized spacial score (nSPS) is 14.8. The Morgan fingerprint density at radius 1 is 1.23 bits per heavy atom. The van der Waals surface area contributed by atoms with Crippen LogP contribution in [0.25, 0.3) is 0 Å². The van der Waals surface area contributed by atoms with E-state index in [2.05, 4.69) is 31.9 Å². The fraction of sp³-hybridized carbons (Fsp3) is 0.222. The quantitative estimate of drug-likeness (QED) is 0.800. The predicted octanol–water partition coefficient (Wildman–Crippen LogP) is 3.05. The first-order valence-electron chi connectivity index (χ1n) is 3.84. The van der Waals surface area contributed by atoms with Gasteiger partial charge in [0.15, 0.2) is 5.78 Å². The molecule has 0 amide bonds. The van der Waals surface area contributed by atoms with Gasteiger partial charge in [0.25, 0.3) is 0 Å². The zero-order chi connectivity index (χ0) is 9.59. The SMILES string of the molecule is O=C1CCc2c(Br)cc(Br)c(O)c21. The Morgan fingerprint density at radius 3 is 2.62 bits per heavy atom. The first-order valence-corrected chi connectivity index (χ1v) is 5.43. The summed E-state index contributed by atoms with van der Waals surface area (Å²) in [6, 6.07) is 1.77. The molecule has 0 bridgehead atoms. The molecule has 2 rings (SSSR count). The van der Waals surface area contributed by atoms with E-state index in [0.717, 1.165) is 16.5 Å². The third-order valence-electron chi connectivity index (χ3n) is 2.19. The fourth-order valence-electron chi connectivity index (χ4n) is 1.56. The standard InChI is InChI=1S/C9H6Br2O2/c10-5-3-6(11)9(13)8-4(5)1-2-7(8)12/h3,13H,1-2H2. The van der Waals surface area contributed by atoms with Crippen LogP contribution in [0.2, 0.25) is 0 Å². The molecule has 1 aromatic rings. The molecule has 0 radical (unpaired) electrons. The summed E-state index contributed by atoms with van der Waals surface area (Å²) in [5.41, 5.74) is 1.40. The molecule has 13 heavy (non-hydrogen) atoms. The number of hydrogen-bond donors (Lipinski definition) is 1. The Balaban J connectivity index is 2.77. The lowest BCUT2D eigenvalue weighted by molar-refractivity contribution is 0.0992. The average Bonchev–Trinajstić information content (AvgIpc) is 2.44. The van der Waals surface area contributed by atoms with Crippen LogP contribution in [0.4, 0.5) is 0 Å². The van der Waals surface area contributed by atoms with E-state index in [9.17, 15) is 9.90 Å². The number of carbonyl (C=O) groups is 1. The Labute approximate surface area is 92.2 Å². The molecule has 0 atom stereocenters. The second kappa shape index (κ2) is 3.10. The van der Waals surface area contributed by atoms with Crippen LogP contribution < -0.4 is 0 Å². The molecule has 4 heteroatoms. The van der Waals surface area contributed by atoms with E-state index in [1.54, 1.807) is 6.07 Å². The third-order valence-corrected chi connectivity index (χ3v) is 3.50. The van der Waals surface area contributed by atoms with Crippen LogP contribution in [-0.4, -0.2) is 10.9 Å². The number of aromatic hydroxyl groups is 1. The van der Waals surface area contributed by atoms with Crippen LogP contribution in [0, 0.1) is 0 Å². The van der Waals surface area contributed by atoms with Crippen LogP contribution in [0.15, 0.2) is 15.0 Å². The van der Waals surface area contributed by atoms with Crippen LogP contribution in [0.5, 0.6) is 5.75 Å². The zero-order valence-electron chi connectivity index (χ0n) is 6.60. The maximum atomic E-state index is 11.4. The molecule has 0 spiro atoms. The van der Waals surface area contributed by atoms with Crippen LogP contribution >= 0.6 is 31.9 Å². The van der Waals surface area contributed by atoms with Gasteiger partial charge in [-0.2, -0.15) is 0 Å². The second-order valence-corrected chi connectivity index (χ2v) is 4.67. The van der Waals surface area contributed by atoms with Gasteiger partial charge in [-0.15, -0.1) is 0 Å². The molecule has 1 aliphatic carbocycles. The smallest absolute Gasteiger partial charge is 0.167 e. The number of benzene rings is 1. The molecule has 0 aliphatic heterocycles. The minimum Gasteiger partial charge on any atom is -0.506 e. The molecule has 0 unspecified atom stereocenters. The second-order valence-electron chi connectivity index (χ2n) is 2.97. The summed E-state index contributed by atoms with van der Waals surface area (Å²) in [5.74, 6) is 0.0928. The van der Waals surface area contributed by atoms with Gasteiger partial charge in [-0.3, -0.25) is 4.79 Å². The number of Topliss-reactive ketones (excluding diaryl/α,β-unsaturated/α-hetero) is 1. The van der Waals surface area contributed by atoms with Gasteiger partial charge in [-0.1, -0.05) is 15.9 Å². The Morgan fingerprint density at radius 2 is 1.92 bits per heavy atom. The molecule has 1 aromatic carbocycles. The lowest BCUT2D eigenvalue weighted by atomic mass is 10.1. The minimum atomic E-state index is 0.0227. The summed E-state index contributed by atoms with van der Waals surface area (Å²) in [5, 5.41) is 9.62. The van der Waals surface area contributed by atoms with Gasteiger partial charge in [-0.05, 0) is 34.0 Å². The Bertz CT molecular complexity index is 399. The molecule has 68 valence electrons. The topological polar surface area (TPSA) is 37.3 Å². The number of ketones is 1. The van der Waals surface area contributed by atoms with Gasteiger partial charge < -0.3 is 5.11 Å². The Hall–Kier alpha value is -0.350. The van der Waals surface area contributed by atoms with Crippen molar-refractivity contribution in [1.82, 2.24) is 0 Å². The summed E-state index contributed by atoms with van der Waals surface area (Å²) >= 11 is 6.56. The number of hydrogen-bond acceptors (Lipinski definition) is 2.